The molecule has 0 saturated heterocycles. The minimum absolute atomic E-state index is 0.0971. The van der Waals surface area contributed by atoms with E-state index in [1.807, 2.05) is 0 Å². The zero-order valence-electron chi connectivity index (χ0n) is 9.56. The number of hydrogen-bond donors (Lipinski definition) is 1. The number of carbonyl (C=O) groups excluding carboxylic acids is 1. The van der Waals surface area contributed by atoms with Gasteiger partial charge in [0.15, 0.2) is 0 Å². The molecule has 1 heterocycles. The number of rotatable bonds is 2. The number of aromatic nitrogens is 1. The average molecular weight is 246 g/mol. The highest BCUT2D eigenvalue weighted by atomic mass is 19.4. The van der Waals surface area contributed by atoms with Gasteiger partial charge in [-0.2, -0.15) is 13.2 Å². The average Bonchev–Trinajstić information content (AvgIpc) is 2.99. The first-order chi connectivity index (χ1) is 7.86. The van der Waals surface area contributed by atoms with E-state index in [1.165, 1.54) is 20.0 Å². The van der Waals surface area contributed by atoms with Gasteiger partial charge in [0.05, 0.1) is 0 Å². The standard InChI is InChI=1S/C11H13F3N2O/c1-6-5-8(10(17)15-2)16(7-3-4-7)9(6)11(12,13)14/h5,7H,3-4H2,1-2H3,(H,15,17). The van der Waals surface area contributed by atoms with E-state index in [-0.39, 0.29) is 17.3 Å². The molecule has 1 aliphatic rings. The lowest BCUT2D eigenvalue weighted by Crippen LogP contribution is -2.23. The molecule has 1 N–H and O–H groups in total. The summed E-state index contributed by atoms with van der Waals surface area (Å²) < 4.78 is 39.9. The number of nitrogens with zero attached hydrogens (tertiary/aromatic N) is 1. The van der Waals surface area contributed by atoms with Gasteiger partial charge in [0.25, 0.3) is 5.91 Å². The van der Waals surface area contributed by atoms with Crippen LogP contribution >= 0.6 is 0 Å². The Morgan fingerprint density at radius 1 is 1.47 bits per heavy atom. The number of nitrogens with one attached hydrogen (secondary N) is 1. The molecule has 0 spiro atoms. The number of alkyl halides is 3. The highest BCUT2D eigenvalue weighted by Gasteiger charge is 2.42. The quantitative estimate of drug-likeness (QED) is 0.854. The highest BCUT2D eigenvalue weighted by Crippen LogP contribution is 2.43. The minimum Gasteiger partial charge on any atom is -0.354 e. The first kappa shape index (κ1) is 12.0. The molecule has 2 rings (SSSR count). The van der Waals surface area contributed by atoms with E-state index < -0.39 is 17.8 Å². The van der Waals surface area contributed by atoms with E-state index in [1.54, 1.807) is 0 Å². The van der Waals surface area contributed by atoms with Crippen molar-refractivity contribution in [3.8, 4) is 0 Å². The largest absolute Gasteiger partial charge is 0.431 e. The van der Waals surface area contributed by atoms with Crippen LogP contribution in [0.5, 0.6) is 0 Å². The molecule has 1 aromatic rings. The van der Waals surface area contributed by atoms with Crippen molar-refractivity contribution in [2.45, 2.75) is 32.0 Å². The second-order valence-corrected chi connectivity index (χ2v) is 4.24. The van der Waals surface area contributed by atoms with Gasteiger partial charge in [-0.1, -0.05) is 0 Å². The van der Waals surface area contributed by atoms with Gasteiger partial charge >= 0.3 is 6.18 Å². The van der Waals surface area contributed by atoms with Crippen molar-refractivity contribution in [3.63, 3.8) is 0 Å². The summed E-state index contributed by atoms with van der Waals surface area (Å²) in [6.07, 6.45) is -3.03. The molecule has 3 nitrogen and oxygen atoms in total. The number of halogens is 3. The Bertz CT molecular complexity index is 458. The molecule has 1 saturated carbocycles. The van der Waals surface area contributed by atoms with Crippen molar-refractivity contribution in [1.29, 1.82) is 0 Å². The summed E-state index contributed by atoms with van der Waals surface area (Å²) in [7, 11) is 1.41. The Hall–Kier alpha value is -1.46. The lowest BCUT2D eigenvalue weighted by molar-refractivity contribution is -0.144. The molecule has 0 bridgehead atoms. The van der Waals surface area contributed by atoms with Crippen LogP contribution in [0.3, 0.4) is 0 Å². The summed E-state index contributed by atoms with van der Waals surface area (Å²) in [6.45, 7) is 1.38. The zero-order valence-corrected chi connectivity index (χ0v) is 9.56. The van der Waals surface area contributed by atoms with Crippen LogP contribution in [0.2, 0.25) is 0 Å². The Labute approximate surface area is 96.6 Å². The fourth-order valence-corrected chi connectivity index (χ4v) is 2.03. The van der Waals surface area contributed by atoms with Crippen LogP contribution in [0.4, 0.5) is 13.2 Å². The summed E-state index contributed by atoms with van der Waals surface area (Å²) in [5.74, 6) is -0.476. The number of hydrogen-bond acceptors (Lipinski definition) is 1. The third-order valence-corrected chi connectivity index (χ3v) is 2.87. The molecule has 0 atom stereocenters. The van der Waals surface area contributed by atoms with E-state index in [9.17, 15) is 18.0 Å². The molecular formula is C11H13F3N2O. The van der Waals surface area contributed by atoms with Gasteiger partial charge in [0.1, 0.15) is 11.4 Å². The lowest BCUT2D eigenvalue weighted by Gasteiger charge is -2.14. The Morgan fingerprint density at radius 3 is 2.47 bits per heavy atom. The van der Waals surface area contributed by atoms with Crippen molar-refractivity contribution in [1.82, 2.24) is 9.88 Å². The monoisotopic (exact) mass is 246 g/mol. The van der Waals surface area contributed by atoms with Crippen LogP contribution in [0.15, 0.2) is 6.07 Å². The molecular weight excluding hydrogens is 233 g/mol. The van der Waals surface area contributed by atoms with Crippen molar-refractivity contribution in [2.24, 2.45) is 0 Å². The van der Waals surface area contributed by atoms with E-state index in [0.29, 0.717) is 12.8 Å². The van der Waals surface area contributed by atoms with Gasteiger partial charge in [-0.05, 0) is 31.4 Å². The minimum atomic E-state index is -4.42. The molecule has 0 aromatic carbocycles. The van der Waals surface area contributed by atoms with Crippen molar-refractivity contribution < 1.29 is 18.0 Å². The topological polar surface area (TPSA) is 34.0 Å². The summed E-state index contributed by atoms with van der Waals surface area (Å²) in [5.41, 5.74) is -0.499. The van der Waals surface area contributed by atoms with Crippen LogP contribution in [-0.4, -0.2) is 17.5 Å². The normalized spacial score (nSPS) is 16.1. The van der Waals surface area contributed by atoms with E-state index >= 15 is 0 Å². The third-order valence-electron chi connectivity index (χ3n) is 2.87. The van der Waals surface area contributed by atoms with E-state index in [4.69, 9.17) is 0 Å². The molecule has 6 heteroatoms. The predicted molar refractivity (Wildman–Crippen MR) is 55.8 cm³/mol. The molecule has 17 heavy (non-hydrogen) atoms. The first-order valence-corrected chi connectivity index (χ1v) is 5.37. The maximum absolute atomic E-state index is 12.9. The maximum Gasteiger partial charge on any atom is 0.431 e. The summed E-state index contributed by atoms with van der Waals surface area (Å²) >= 11 is 0. The molecule has 94 valence electrons. The predicted octanol–water partition coefficient (Wildman–Crippen LogP) is 2.51. The van der Waals surface area contributed by atoms with Crippen LogP contribution in [0.25, 0.3) is 0 Å². The van der Waals surface area contributed by atoms with Gasteiger partial charge in [0.2, 0.25) is 0 Å². The SMILES string of the molecule is CNC(=O)c1cc(C)c(C(F)(F)F)n1C1CC1. The van der Waals surface area contributed by atoms with Crippen LogP contribution < -0.4 is 5.32 Å². The lowest BCUT2D eigenvalue weighted by atomic mass is 10.2. The number of amides is 1. The van der Waals surface area contributed by atoms with Crippen molar-refractivity contribution in [3.05, 3.63) is 23.0 Å². The van der Waals surface area contributed by atoms with Crippen LogP contribution in [0, 0.1) is 6.92 Å². The Morgan fingerprint density at radius 2 is 2.06 bits per heavy atom. The summed E-state index contributed by atoms with van der Waals surface area (Å²) in [4.78, 5) is 11.6. The number of aryl methyl sites for hydroxylation is 1. The first-order valence-electron chi connectivity index (χ1n) is 5.37. The van der Waals surface area contributed by atoms with Gasteiger partial charge < -0.3 is 9.88 Å². The molecule has 1 amide bonds. The zero-order chi connectivity index (χ0) is 12.8. The van der Waals surface area contributed by atoms with Crippen LogP contribution in [0.1, 0.15) is 40.6 Å². The molecule has 0 aliphatic heterocycles. The molecule has 1 aromatic heterocycles. The van der Waals surface area contributed by atoms with E-state index in [0.717, 1.165) is 4.57 Å². The van der Waals surface area contributed by atoms with Gasteiger partial charge in [-0.15, -0.1) is 0 Å². The fraction of sp³-hybridized carbons (Fsp3) is 0.545. The Balaban J connectivity index is 2.59. The third kappa shape index (κ3) is 2.03. The number of carbonyl (C=O) groups is 1. The summed E-state index contributed by atoms with van der Waals surface area (Å²) in [6, 6.07) is 1.12. The van der Waals surface area contributed by atoms with Gasteiger partial charge in [-0.25, -0.2) is 0 Å². The van der Waals surface area contributed by atoms with E-state index in [2.05, 4.69) is 5.32 Å². The molecule has 0 unspecified atom stereocenters. The molecule has 1 fully saturated rings. The summed E-state index contributed by atoms with van der Waals surface area (Å²) in [5, 5.41) is 2.37. The van der Waals surface area contributed by atoms with Gasteiger partial charge in [0, 0.05) is 13.1 Å². The molecule has 1 aliphatic carbocycles. The maximum atomic E-state index is 12.9. The molecule has 0 radical (unpaired) electrons. The van der Waals surface area contributed by atoms with Crippen LogP contribution in [-0.2, 0) is 6.18 Å². The Kier molecular flexibility index (Phi) is 2.67. The van der Waals surface area contributed by atoms with Gasteiger partial charge in [-0.3, -0.25) is 4.79 Å². The second kappa shape index (κ2) is 3.78. The second-order valence-electron chi connectivity index (χ2n) is 4.24. The fourth-order valence-electron chi connectivity index (χ4n) is 2.03. The smallest absolute Gasteiger partial charge is 0.354 e. The highest BCUT2D eigenvalue weighted by molar-refractivity contribution is 5.93. The van der Waals surface area contributed by atoms with Crippen molar-refractivity contribution in [2.75, 3.05) is 7.05 Å². The van der Waals surface area contributed by atoms with Crippen molar-refractivity contribution >= 4 is 5.91 Å².